The molecule has 6 heteroatoms. The Morgan fingerprint density at radius 3 is 2.62 bits per heavy atom. The van der Waals surface area contributed by atoms with Crippen molar-refractivity contribution in [2.45, 2.75) is 19.3 Å². The van der Waals surface area contributed by atoms with Gasteiger partial charge in [0.2, 0.25) is 5.91 Å². The number of carbonyl (C=O) groups is 2. The number of carbonyl (C=O) groups excluding carboxylic acids is 2. The van der Waals surface area contributed by atoms with Crippen LogP contribution in [0.5, 0.6) is 0 Å². The number of likely N-dealkylation sites (tertiary alicyclic amines) is 1. The summed E-state index contributed by atoms with van der Waals surface area (Å²) < 4.78 is 0. The Hall–Kier alpha value is -1.59. The van der Waals surface area contributed by atoms with Crippen molar-refractivity contribution in [3.8, 4) is 0 Å². The average Bonchev–Trinajstić information content (AvgIpc) is 3.32. The third kappa shape index (κ3) is 3.90. The van der Waals surface area contributed by atoms with Crippen LogP contribution in [-0.4, -0.2) is 50.4 Å². The van der Waals surface area contributed by atoms with Gasteiger partial charge < -0.3 is 15.1 Å². The van der Waals surface area contributed by atoms with Crippen LogP contribution in [0, 0.1) is 11.8 Å². The van der Waals surface area contributed by atoms with Gasteiger partial charge in [-0.2, -0.15) is 0 Å². The van der Waals surface area contributed by atoms with Crippen molar-refractivity contribution in [1.82, 2.24) is 10.2 Å². The second-order valence-electron chi connectivity index (χ2n) is 6.65. The lowest BCUT2D eigenvalue weighted by Gasteiger charge is -2.23. The molecule has 1 saturated carbocycles. The standard InChI is InChI=1S/C18H25N3O2.ClH/c1-19-11-13-9-10-21(12-13)18(23)15-5-3-4-6-16(15)20(2)17(22)14-7-8-14;/h3-6,13-14,19H,7-12H2,1-2H3;1H. The van der Waals surface area contributed by atoms with E-state index in [-0.39, 0.29) is 30.1 Å². The van der Waals surface area contributed by atoms with E-state index >= 15 is 0 Å². The topological polar surface area (TPSA) is 52.7 Å². The van der Waals surface area contributed by atoms with Crippen molar-refractivity contribution in [3.63, 3.8) is 0 Å². The fraction of sp³-hybridized carbons (Fsp3) is 0.556. The molecule has 2 fully saturated rings. The van der Waals surface area contributed by atoms with Gasteiger partial charge in [-0.25, -0.2) is 0 Å². The molecule has 1 unspecified atom stereocenters. The van der Waals surface area contributed by atoms with E-state index in [1.807, 2.05) is 36.2 Å². The number of amides is 2. The summed E-state index contributed by atoms with van der Waals surface area (Å²) in [7, 11) is 3.72. The number of hydrogen-bond donors (Lipinski definition) is 1. The van der Waals surface area contributed by atoms with E-state index in [2.05, 4.69) is 5.32 Å². The van der Waals surface area contributed by atoms with Crippen LogP contribution in [0.25, 0.3) is 0 Å². The van der Waals surface area contributed by atoms with Gasteiger partial charge in [-0.1, -0.05) is 12.1 Å². The van der Waals surface area contributed by atoms with Gasteiger partial charge in [0.25, 0.3) is 5.91 Å². The zero-order valence-electron chi connectivity index (χ0n) is 14.3. The quantitative estimate of drug-likeness (QED) is 0.884. The Balaban J connectivity index is 0.00000208. The minimum atomic E-state index is 0. The summed E-state index contributed by atoms with van der Waals surface area (Å²) in [5.41, 5.74) is 1.36. The average molecular weight is 352 g/mol. The number of para-hydroxylation sites is 1. The summed E-state index contributed by atoms with van der Waals surface area (Å²) in [6, 6.07) is 7.46. The van der Waals surface area contributed by atoms with E-state index < -0.39 is 0 Å². The Kier molecular flexibility index (Phi) is 6.24. The summed E-state index contributed by atoms with van der Waals surface area (Å²) in [6.07, 6.45) is 2.97. The number of nitrogens with zero attached hydrogens (tertiary/aromatic N) is 2. The molecule has 2 amide bonds. The molecular weight excluding hydrogens is 326 g/mol. The second kappa shape index (κ2) is 7.99. The van der Waals surface area contributed by atoms with Gasteiger partial charge in [-0.05, 0) is 50.9 Å². The van der Waals surface area contributed by atoms with Crippen molar-refractivity contribution in [2.75, 3.05) is 38.6 Å². The van der Waals surface area contributed by atoms with Crippen LogP contribution in [0.2, 0.25) is 0 Å². The lowest BCUT2D eigenvalue weighted by atomic mass is 10.1. The molecular formula is C18H26ClN3O2. The van der Waals surface area contributed by atoms with E-state index in [0.29, 0.717) is 11.5 Å². The van der Waals surface area contributed by atoms with Gasteiger partial charge in [-0.3, -0.25) is 9.59 Å². The Labute approximate surface area is 149 Å². The molecule has 1 aliphatic carbocycles. The minimum absolute atomic E-state index is 0. The molecule has 2 aliphatic rings. The SMILES string of the molecule is CNCC1CCN(C(=O)c2ccccc2N(C)C(=O)C2CC2)C1.Cl. The van der Waals surface area contributed by atoms with E-state index in [9.17, 15) is 9.59 Å². The maximum Gasteiger partial charge on any atom is 0.255 e. The predicted octanol–water partition coefficient (Wildman–Crippen LogP) is 2.16. The molecule has 1 atom stereocenters. The first-order valence-corrected chi connectivity index (χ1v) is 8.42. The molecule has 1 N–H and O–H groups in total. The molecule has 132 valence electrons. The van der Waals surface area contributed by atoms with Gasteiger partial charge in [0, 0.05) is 26.1 Å². The number of anilines is 1. The third-order valence-electron chi connectivity index (χ3n) is 4.82. The number of hydrogen-bond acceptors (Lipinski definition) is 3. The van der Waals surface area contributed by atoms with Gasteiger partial charge >= 0.3 is 0 Å². The highest BCUT2D eigenvalue weighted by atomic mass is 35.5. The van der Waals surface area contributed by atoms with Crippen LogP contribution in [0.15, 0.2) is 24.3 Å². The van der Waals surface area contributed by atoms with Gasteiger partial charge in [0.1, 0.15) is 0 Å². The predicted molar refractivity (Wildman–Crippen MR) is 97.8 cm³/mol. The van der Waals surface area contributed by atoms with Crippen molar-refractivity contribution < 1.29 is 9.59 Å². The van der Waals surface area contributed by atoms with E-state index in [0.717, 1.165) is 44.6 Å². The summed E-state index contributed by atoms with van der Waals surface area (Å²) >= 11 is 0. The molecule has 24 heavy (non-hydrogen) atoms. The van der Waals surface area contributed by atoms with Gasteiger partial charge in [0.05, 0.1) is 11.3 Å². The Morgan fingerprint density at radius 2 is 1.96 bits per heavy atom. The molecule has 1 heterocycles. The lowest BCUT2D eigenvalue weighted by Crippen LogP contribution is -2.34. The Morgan fingerprint density at radius 1 is 1.25 bits per heavy atom. The van der Waals surface area contributed by atoms with Crippen LogP contribution in [0.3, 0.4) is 0 Å². The molecule has 0 spiro atoms. The molecule has 1 aliphatic heterocycles. The van der Waals surface area contributed by atoms with Crippen LogP contribution < -0.4 is 10.2 Å². The van der Waals surface area contributed by atoms with Crippen molar-refractivity contribution in [3.05, 3.63) is 29.8 Å². The zero-order valence-corrected chi connectivity index (χ0v) is 15.1. The second-order valence-corrected chi connectivity index (χ2v) is 6.65. The van der Waals surface area contributed by atoms with E-state index in [1.54, 1.807) is 11.9 Å². The monoisotopic (exact) mass is 351 g/mol. The minimum Gasteiger partial charge on any atom is -0.338 e. The van der Waals surface area contributed by atoms with Crippen molar-refractivity contribution >= 4 is 29.9 Å². The summed E-state index contributed by atoms with van der Waals surface area (Å²) in [5, 5.41) is 3.18. The summed E-state index contributed by atoms with van der Waals surface area (Å²) in [4.78, 5) is 28.8. The van der Waals surface area contributed by atoms with Gasteiger partial charge in [0.15, 0.2) is 0 Å². The van der Waals surface area contributed by atoms with Crippen molar-refractivity contribution in [1.29, 1.82) is 0 Å². The van der Waals surface area contributed by atoms with Crippen LogP contribution in [0.4, 0.5) is 5.69 Å². The highest BCUT2D eigenvalue weighted by Crippen LogP contribution is 2.33. The van der Waals surface area contributed by atoms with Crippen LogP contribution in [-0.2, 0) is 4.79 Å². The highest BCUT2D eigenvalue weighted by molar-refractivity contribution is 6.05. The molecule has 0 radical (unpaired) electrons. The first-order chi connectivity index (χ1) is 11.1. The summed E-state index contributed by atoms with van der Waals surface area (Å²) in [5.74, 6) is 0.825. The van der Waals surface area contributed by atoms with Crippen LogP contribution in [0.1, 0.15) is 29.6 Å². The van der Waals surface area contributed by atoms with E-state index in [1.165, 1.54) is 0 Å². The zero-order chi connectivity index (χ0) is 16.4. The number of halogens is 1. The highest BCUT2D eigenvalue weighted by Gasteiger charge is 2.34. The molecule has 1 aromatic carbocycles. The fourth-order valence-electron chi connectivity index (χ4n) is 3.31. The molecule has 0 aromatic heterocycles. The molecule has 1 saturated heterocycles. The maximum atomic E-state index is 12.9. The third-order valence-corrected chi connectivity index (χ3v) is 4.82. The Bertz CT molecular complexity index is 604. The number of rotatable bonds is 5. The first kappa shape index (κ1) is 18.7. The van der Waals surface area contributed by atoms with E-state index in [4.69, 9.17) is 0 Å². The maximum absolute atomic E-state index is 12.9. The fourth-order valence-corrected chi connectivity index (χ4v) is 3.31. The largest absolute Gasteiger partial charge is 0.338 e. The lowest BCUT2D eigenvalue weighted by molar-refractivity contribution is -0.119. The van der Waals surface area contributed by atoms with Crippen LogP contribution >= 0.6 is 12.4 Å². The normalized spacial score (nSPS) is 19.8. The number of nitrogens with one attached hydrogen (secondary N) is 1. The first-order valence-electron chi connectivity index (χ1n) is 8.42. The number of benzene rings is 1. The van der Waals surface area contributed by atoms with Gasteiger partial charge in [-0.15, -0.1) is 12.4 Å². The molecule has 0 bridgehead atoms. The van der Waals surface area contributed by atoms with Crippen molar-refractivity contribution in [2.24, 2.45) is 11.8 Å². The molecule has 1 aromatic rings. The smallest absolute Gasteiger partial charge is 0.255 e. The molecule has 5 nitrogen and oxygen atoms in total. The summed E-state index contributed by atoms with van der Waals surface area (Å²) in [6.45, 7) is 2.51. The molecule has 3 rings (SSSR count).